The van der Waals surface area contributed by atoms with Crippen molar-refractivity contribution in [1.82, 2.24) is 53.2 Å². The summed E-state index contributed by atoms with van der Waals surface area (Å²) in [5.41, 5.74) is 17.8. The summed E-state index contributed by atoms with van der Waals surface area (Å²) in [5, 5.41) is 53.0. The predicted molar refractivity (Wildman–Crippen MR) is 323 cm³/mol. The molecule has 1 aromatic carbocycles. The number of carbonyl (C=O) groups excluding carboxylic acids is 11. The SMILES string of the molecule is CC[C@H](C)[C@H](N)C(=O)N[C@@H](CS)C(=O)N[C@@H](CCC(=O)O)C(=O)N[C@@H](CC(N)=O)C(=O)N[C@@H](CC(C)C)C(=O)N[C@@H](CCCCN)C(=O)N[C@@H](CCC(=O)O)C(=O)N[C@@H](CS)C(=O)NCC(=O)N[C@@H](CC(C)C)C(=O)N[C@@H](Cc1ccccc1)C(=O)O. The maximum atomic E-state index is 14.2. The van der Waals surface area contributed by atoms with Crippen molar-refractivity contribution in [1.29, 1.82) is 0 Å². The number of benzene rings is 1. The average Bonchev–Trinajstić information content (AvgIpc) is 3.60. The highest BCUT2D eigenvalue weighted by molar-refractivity contribution is 7.80. The second-order valence-electron chi connectivity index (χ2n) is 21.7. The summed E-state index contributed by atoms with van der Waals surface area (Å²) in [6.45, 7) is 9.80. The van der Waals surface area contributed by atoms with Gasteiger partial charge in [0, 0.05) is 30.8 Å². The molecule has 0 saturated carbocycles. The summed E-state index contributed by atoms with van der Waals surface area (Å²) in [6.07, 6.45) is -2.51. The van der Waals surface area contributed by atoms with Gasteiger partial charge in [-0.05, 0) is 74.8 Å². The van der Waals surface area contributed by atoms with Gasteiger partial charge in [-0.15, -0.1) is 0 Å². The predicted octanol–water partition coefficient (Wildman–Crippen LogP) is -3.15. The van der Waals surface area contributed by atoms with E-state index in [-0.39, 0.29) is 62.2 Å². The molecule has 1 aromatic rings. The summed E-state index contributed by atoms with van der Waals surface area (Å²) in [6, 6.07) is -6.16. The summed E-state index contributed by atoms with van der Waals surface area (Å²) in [7, 11) is 0. The molecule has 11 atom stereocenters. The van der Waals surface area contributed by atoms with Crippen LogP contribution in [-0.4, -0.2) is 183 Å². The minimum absolute atomic E-state index is 0.0485. The van der Waals surface area contributed by atoms with Crippen LogP contribution in [0.25, 0.3) is 0 Å². The first-order valence-corrected chi connectivity index (χ1v) is 29.8. The number of thiol groups is 2. The zero-order valence-corrected chi connectivity index (χ0v) is 51.7. The summed E-state index contributed by atoms with van der Waals surface area (Å²) >= 11 is 8.28. The van der Waals surface area contributed by atoms with E-state index in [1.807, 2.05) is 0 Å². The number of amides is 11. The van der Waals surface area contributed by atoms with Gasteiger partial charge in [-0.2, -0.15) is 25.3 Å². The van der Waals surface area contributed by atoms with Gasteiger partial charge < -0.3 is 85.7 Å². The lowest BCUT2D eigenvalue weighted by Crippen LogP contribution is -2.61. The van der Waals surface area contributed by atoms with Gasteiger partial charge >= 0.3 is 17.9 Å². The van der Waals surface area contributed by atoms with E-state index in [0.717, 1.165) is 0 Å². The standard InChI is InChI=1S/C55H89N13O17S2/c1-7-30(6)45(58)54(83)68-40(27-87)53(82)63-33(16-18-43(71)72)48(77)65-37(24-41(57)69)52(81)64-36(22-29(4)5)51(80)61-32(15-11-12-20-56)47(76)62-34(17-19-44(73)74)49(78)67-39(26-86)46(75)59-25-42(70)60-35(21-28(2)3)50(79)66-38(55(84)85)23-31-13-9-8-10-14-31/h8-10,13-14,28-30,32-40,45,86-87H,7,11-12,15-27,56,58H2,1-6H3,(H2,57,69)(H,59,75)(H,60,70)(H,61,80)(H,62,76)(H,63,82)(H,64,81)(H,65,77)(H,66,79)(H,67,78)(H,68,83)(H,71,72)(H,73,74)(H,84,85)/t30-,32-,33-,34-,35-,36-,37-,38-,39-,40-,45-/m0/s1. The third-order valence-corrected chi connectivity index (χ3v) is 14.1. The lowest BCUT2D eigenvalue weighted by molar-refractivity contribution is -0.142. The number of nitrogens with two attached hydrogens (primary N) is 3. The number of carboxylic acid groups (broad SMARTS) is 3. The van der Waals surface area contributed by atoms with Crippen molar-refractivity contribution in [2.24, 2.45) is 35.0 Å². The second-order valence-corrected chi connectivity index (χ2v) is 22.4. The van der Waals surface area contributed by atoms with Crippen molar-refractivity contribution in [2.75, 3.05) is 24.6 Å². The van der Waals surface area contributed by atoms with E-state index >= 15 is 0 Å². The molecule has 0 saturated heterocycles. The van der Waals surface area contributed by atoms with Crippen LogP contribution < -0.4 is 70.4 Å². The molecule has 32 heteroatoms. The Bertz CT molecular complexity index is 2510. The van der Waals surface area contributed by atoms with Crippen LogP contribution in [0.4, 0.5) is 0 Å². The van der Waals surface area contributed by atoms with Gasteiger partial charge in [-0.25, -0.2) is 4.79 Å². The Balaban J connectivity index is 3.39. The van der Waals surface area contributed by atoms with Gasteiger partial charge in [-0.3, -0.25) is 62.3 Å². The fourth-order valence-electron chi connectivity index (χ4n) is 8.31. The highest BCUT2D eigenvalue weighted by Crippen LogP contribution is 2.13. The Hall–Kier alpha value is -7.58. The smallest absolute Gasteiger partial charge is 0.326 e. The van der Waals surface area contributed by atoms with Gasteiger partial charge in [0.15, 0.2) is 0 Å². The Morgan fingerprint density at radius 2 is 0.885 bits per heavy atom. The minimum atomic E-state index is -1.85. The molecule has 488 valence electrons. The maximum Gasteiger partial charge on any atom is 0.326 e. The molecular formula is C55H89N13O17S2. The highest BCUT2D eigenvalue weighted by Gasteiger charge is 2.36. The van der Waals surface area contributed by atoms with E-state index in [1.165, 1.54) is 0 Å². The molecule has 0 aliphatic heterocycles. The molecule has 11 amide bonds. The fraction of sp³-hybridized carbons (Fsp3) is 0.636. The van der Waals surface area contributed by atoms with Crippen LogP contribution in [-0.2, 0) is 73.5 Å². The molecule has 0 radical (unpaired) electrons. The lowest BCUT2D eigenvalue weighted by atomic mass is 9.99. The van der Waals surface area contributed by atoms with E-state index in [0.29, 0.717) is 18.4 Å². The molecule has 30 nitrogen and oxygen atoms in total. The highest BCUT2D eigenvalue weighted by atomic mass is 32.1. The maximum absolute atomic E-state index is 14.2. The van der Waals surface area contributed by atoms with E-state index in [4.69, 9.17) is 17.2 Å². The van der Waals surface area contributed by atoms with Gasteiger partial charge in [0.05, 0.1) is 19.0 Å². The summed E-state index contributed by atoms with van der Waals surface area (Å²) in [5.74, 6) is -16.4. The Labute approximate surface area is 516 Å². The number of carboxylic acids is 3. The Morgan fingerprint density at radius 1 is 0.494 bits per heavy atom. The molecule has 0 aromatic heterocycles. The molecule has 1 rings (SSSR count). The first kappa shape index (κ1) is 77.4. The minimum Gasteiger partial charge on any atom is -0.481 e. The van der Waals surface area contributed by atoms with Crippen molar-refractivity contribution < 1.29 is 82.4 Å². The van der Waals surface area contributed by atoms with E-state index in [9.17, 15) is 82.4 Å². The van der Waals surface area contributed by atoms with Crippen molar-refractivity contribution in [3.05, 3.63) is 35.9 Å². The first-order valence-electron chi connectivity index (χ1n) is 28.5. The van der Waals surface area contributed by atoms with Crippen LogP contribution in [0.1, 0.15) is 118 Å². The number of hydrogen-bond acceptors (Lipinski definition) is 18. The largest absolute Gasteiger partial charge is 0.481 e. The molecule has 0 bridgehead atoms. The monoisotopic (exact) mass is 1270 g/mol. The zero-order chi connectivity index (χ0) is 66.1. The number of rotatable bonds is 43. The molecule has 87 heavy (non-hydrogen) atoms. The summed E-state index contributed by atoms with van der Waals surface area (Å²) in [4.78, 5) is 184. The van der Waals surface area contributed by atoms with E-state index < -0.39 is 188 Å². The van der Waals surface area contributed by atoms with Crippen molar-refractivity contribution in [3.8, 4) is 0 Å². The van der Waals surface area contributed by atoms with Crippen molar-refractivity contribution in [2.45, 2.75) is 179 Å². The third-order valence-electron chi connectivity index (χ3n) is 13.4. The quantitative estimate of drug-likeness (QED) is 0.0227. The average molecular weight is 1270 g/mol. The molecule has 0 unspecified atom stereocenters. The number of unbranched alkanes of at least 4 members (excludes halogenated alkanes) is 1. The topological polar surface area (TPSA) is 498 Å². The Morgan fingerprint density at radius 3 is 1.32 bits per heavy atom. The van der Waals surface area contributed by atoms with Gasteiger partial charge in [0.1, 0.15) is 54.4 Å². The zero-order valence-electron chi connectivity index (χ0n) is 49.9. The van der Waals surface area contributed by atoms with Crippen LogP contribution >= 0.6 is 25.3 Å². The van der Waals surface area contributed by atoms with Crippen molar-refractivity contribution >= 4 is 108 Å². The number of primary amides is 1. The number of aliphatic carboxylic acids is 3. The van der Waals surface area contributed by atoms with E-state index in [1.54, 1.807) is 71.9 Å². The second kappa shape index (κ2) is 40.7. The summed E-state index contributed by atoms with van der Waals surface area (Å²) < 4.78 is 0. The molecule has 0 fully saturated rings. The number of nitrogens with one attached hydrogen (secondary N) is 10. The number of carbonyl (C=O) groups is 14. The van der Waals surface area contributed by atoms with Crippen LogP contribution in [0.5, 0.6) is 0 Å². The first-order chi connectivity index (χ1) is 40.9. The molecule has 0 heterocycles. The van der Waals surface area contributed by atoms with Gasteiger partial charge in [0.2, 0.25) is 65.0 Å². The molecule has 19 N–H and O–H groups in total. The lowest BCUT2D eigenvalue weighted by Gasteiger charge is -2.28. The van der Waals surface area contributed by atoms with Crippen LogP contribution in [0, 0.1) is 17.8 Å². The van der Waals surface area contributed by atoms with Gasteiger partial charge in [-0.1, -0.05) is 78.3 Å². The van der Waals surface area contributed by atoms with Crippen LogP contribution in [0.2, 0.25) is 0 Å². The Kier molecular flexibility index (Phi) is 36.3. The van der Waals surface area contributed by atoms with Crippen LogP contribution in [0.15, 0.2) is 30.3 Å². The normalized spacial score (nSPS) is 14.9. The molecule has 0 aliphatic carbocycles. The fourth-order valence-corrected chi connectivity index (χ4v) is 8.83. The van der Waals surface area contributed by atoms with Crippen LogP contribution in [0.3, 0.4) is 0 Å². The third kappa shape index (κ3) is 30.6. The van der Waals surface area contributed by atoms with E-state index in [2.05, 4.69) is 78.4 Å². The van der Waals surface area contributed by atoms with Gasteiger partial charge in [0.25, 0.3) is 0 Å². The van der Waals surface area contributed by atoms with Crippen molar-refractivity contribution in [3.63, 3.8) is 0 Å². The molecule has 0 spiro atoms. The molecular weight excluding hydrogens is 1180 g/mol. The number of hydrogen-bond donors (Lipinski definition) is 18. The molecule has 0 aliphatic rings.